The minimum atomic E-state index is 0.0586. The summed E-state index contributed by atoms with van der Waals surface area (Å²) >= 11 is 12.9. The van der Waals surface area contributed by atoms with Crippen LogP contribution in [0.15, 0.2) is 118 Å². The Morgan fingerprint density at radius 1 is 0.296 bits per heavy atom. The summed E-state index contributed by atoms with van der Waals surface area (Å²) < 4.78 is 23.6. The number of nitrogen functional groups attached to an aromatic ring is 5. The van der Waals surface area contributed by atoms with Gasteiger partial charge in [0.05, 0.1) is 43.8 Å². The average molecular weight is 1840 g/mol. The van der Waals surface area contributed by atoms with E-state index < -0.39 is 0 Å². The van der Waals surface area contributed by atoms with Crippen LogP contribution in [0.4, 0.5) is 29.1 Å². The van der Waals surface area contributed by atoms with Gasteiger partial charge in [-0.2, -0.15) is 0 Å². The highest BCUT2D eigenvalue weighted by Crippen LogP contribution is 2.44. The molecule has 4 aliphatic rings. The molecule has 12 aromatic heterocycles. The summed E-state index contributed by atoms with van der Waals surface area (Å²) in [4.78, 5) is 86.6. The number of ether oxygens (including phenoxy) is 4. The summed E-state index contributed by atoms with van der Waals surface area (Å²) in [7, 11) is 0. The number of nitrogens with zero attached hydrogens (tertiary/aromatic N) is 20. The fourth-order valence-electron chi connectivity index (χ4n) is 14.4. The van der Waals surface area contributed by atoms with Crippen LogP contribution in [0.25, 0.3) is 42.3 Å². The first-order valence-corrected chi connectivity index (χ1v) is 49.3. The molecule has 29 nitrogen and oxygen atoms in total. The van der Waals surface area contributed by atoms with Crippen LogP contribution < -0.4 is 47.6 Å². The molecule has 0 aliphatic carbocycles. The highest BCUT2D eigenvalue weighted by Gasteiger charge is 2.26. The van der Waals surface area contributed by atoms with Gasteiger partial charge in [-0.05, 0) is 198 Å². The van der Waals surface area contributed by atoms with Gasteiger partial charge in [-0.3, -0.25) is 19.6 Å². The number of pyridine rings is 4. The zero-order valence-electron chi connectivity index (χ0n) is 73.0. The van der Waals surface area contributed by atoms with E-state index in [9.17, 15) is 0 Å². The maximum atomic E-state index is 5.95. The fourth-order valence-corrected chi connectivity index (χ4v) is 22.8. The van der Waals surface area contributed by atoms with Gasteiger partial charge in [0, 0.05) is 158 Å². The summed E-state index contributed by atoms with van der Waals surface area (Å²) in [6.07, 6.45) is 18.9. The molecule has 16 rings (SSSR count). The van der Waals surface area contributed by atoms with Crippen molar-refractivity contribution in [1.29, 1.82) is 0 Å². The van der Waals surface area contributed by atoms with Crippen LogP contribution in [0.5, 0.6) is 23.5 Å². The van der Waals surface area contributed by atoms with Gasteiger partial charge in [0.25, 0.3) is 0 Å². The number of thiazole rings is 4. The van der Waals surface area contributed by atoms with E-state index in [1.165, 1.54) is 137 Å². The first-order chi connectivity index (χ1) is 60.4. The summed E-state index contributed by atoms with van der Waals surface area (Å²) in [5, 5.41) is 6.84. The standard InChI is InChI=1S/C23H30N6OS2.C22H29N7OS2.C22H28N6OS2.C21H26N6OS2/c1-15-13-19(24)27-23(26-15)32-17(3)21-16(2)31-22(28-21)18-7-8-25-20(14-18)30-12-11-29-9-5-4-6-10-29;1-14-20(15(2)32-22-26-17(23)13-18(24)27-22)28-21(31-14)16-6-7-25-19(12-16)30-11-10-29-8-4-3-5-9-29;1-14-12-18(23)26-22(25-14)31-16(3)20-15(2)30-21(27-20)17-6-7-24-19(13-17)29-11-10-28-8-4-5-9-28;1-13-11-17(22)25-21(24-13)30-15(3)19-14(2)29-20(26-19)16-5-6-23-18(12-16)28-10-9-27-7-4-8-27/h7-8,13-14,17H,4-6,9-12H2,1-3H3,(H2,24,26,27);6-7,12-13,15H,3-5,8-11H2,1-2H3,(H4,23,24,26,27);6-7,12-13,16H,4-5,8-11H2,1-3H3,(H2,23,25,26);5-6,11-12,15H,4,7-10H2,1-3H3,(H2,22,24,25). The number of hydrogen-bond acceptors (Lipinski definition) is 37. The van der Waals surface area contributed by atoms with Crippen LogP contribution in [-0.2, 0) is 0 Å². The number of rotatable bonds is 32. The van der Waals surface area contributed by atoms with E-state index in [0.717, 1.165) is 113 Å². The molecule has 0 aromatic carbocycles. The molecule has 0 spiro atoms. The molecule has 4 saturated heterocycles. The van der Waals surface area contributed by atoms with E-state index in [2.05, 4.69) is 135 Å². The molecule has 10 N–H and O–H groups in total. The lowest BCUT2D eigenvalue weighted by Gasteiger charge is -2.30. The maximum absolute atomic E-state index is 5.95. The first-order valence-electron chi connectivity index (χ1n) is 42.5. The number of aromatic nitrogens is 16. The third-order valence-corrected chi connectivity index (χ3v) is 28.9. The number of thioether (sulfide) groups is 4. The second-order valence-corrected chi connectivity index (χ2v) is 41.1. The van der Waals surface area contributed by atoms with E-state index in [4.69, 9.17) is 67.6 Å². The van der Waals surface area contributed by atoms with Gasteiger partial charge >= 0.3 is 0 Å². The highest BCUT2D eigenvalue weighted by atomic mass is 32.2. The van der Waals surface area contributed by atoms with Gasteiger partial charge in [0.1, 0.15) is 75.5 Å². The lowest BCUT2D eigenvalue weighted by atomic mass is 10.1. The van der Waals surface area contributed by atoms with Crippen molar-refractivity contribution >= 4 is 121 Å². The van der Waals surface area contributed by atoms with Crippen molar-refractivity contribution in [2.75, 3.05) is 134 Å². The van der Waals surface area contributed by atoms with Crippen molar-refractivity contribution in [3.63, 3.8) is 0 Å². The van der Waals surface area contributed by atoms with Crippen molar-refractivity contribution in [2.45, 2.75) is 176 Å². The topological polar surface area (TPSA) is 386 Å². The Hall–Kier alpha value is -9.12. The summed E-state index contributed by atoms with van der Waals surface area (Å²) in [6.45, 7) is 38.4. The normalized spacial score (nSPS) is 15.4. The summed E-state index contributed by atoms with van der Waals surface area (Å²) in [6, 6.07) is 22.7. The van der Waals surface area contributed by atoms with Crippen LogP contribution in [0.2, 0.25) is 0 Å². The van der Waals surface area contributed by atoms with Crippen LogP contribution in [0.1, 0.15) is 166 Å². The van der Waals surface area contributed by atoms with Crippen LogP contribution >= 0.6 is 92.4 Å². The molecule has 12 aromatic rings. The summed E-state index contributed by atoms with van der Waals surface area (Å²) in [5.74, 6) is 4.80. The molecule has 4 unspecified atom stereocenters. The molecule has 125 heavy (non-hydrogen) atoms. The molecule has 4 atom stereocenters. The minimum Gasteiger partial charge on any atom is -0.476 e. The number of hydrogen-bond donors (Lipinski definition) is 5. The van der Waals surface area contributed by atoms with E-state index in [1.54, 1.807) is 130 Å². The maximum Gasteiger partial charge on any atom is 0.213 e. The molecular weight excluding hydrogens is 1730 g/mol. The quantitative estimate of drug-likeness (QED) is 0.0193. The van der Waals surface area contributed by atoms with Gasteiger partial charge < -0.3 is 47.6 Å². The molecule has 0 saturated carbocycles. The van der Waals surface area contributed by atoms with Gasteiger partial charge in [-0.15, -0.1) is 45.3 Å². The second-order valence-electron chi connectivity index (χ2n) is 31.0. The van der Waals surface area contributed by atoms with Crippen LogP contribution in [0.3, 0.4) is 0 Å². The van der Waals surface area contributed by atoms with E-state index in [-0.39, 0.29) is 21.0 Å². The lowest BCUT2D eigenvalue weighted by Crippen LogP contribution is -2.39. The summed E-state index contributed by atoms with van der Waals surface area (Å²) in [5.41, 5.74) is 40.0. The molecular formula is C88H113N25O4S8. The largest absolute Gasteiger partial charge is 0.476 e. The third kappa shape index (κ3) is 28.2. The molecule has 0 radical (unpaired) electrons. The molecule has 4 fully saturated rings. The Morgan fingerprint density at radius 3 is 0.752 bits per heavy atom. The molecule has 0 amide bonds. The van der Waals surface area contributed by atoms with Crippen molar-refractivity contribution in [3.05, 3.63) is 157 Å². The Balaban J connectivity index is 0.000000143. The Kier molecular flexibility index (Phi) is 34.4. The van der Waals surface area contributed by atoms with Crippen molar-refractivity contribution in [1.82, 2.24) is 99.3 Å². The zero-order valence-corrected chi connectivity index (χ0v) is 79.5. The van der Waals surface area contributed by atoms with E-state index >= 15 is 0 Å². The first kappa shape index (κ1) is 93.5. The van der Waals surface area contributed by atoms with E-state index in [1.807, 2.05) is 69.3 Å². The van der Waals surface area contributed by atoms with Crippen LogP contribution in [-0.4, -0.2) is 204 Å². The zero-order chi connectivity index (χ0) is 87.9. The minimum absolute atomic E-state index is 0.0586. The number of anilines is 5. The number of nitrogens with two attached hydrogens (primary N) is 5. The van der Waals surface area contributed by atoms with E-state index in [0.29, 0.717) is 99.7 Å². The van der Waals surface area contributed by atoms with Crippen molar-refractivity contribution < 1.29 is 18.9 Å². The Labute approximate surface area is 765 Å². The highest BCUT2D eigenvalue weighted by molar-refractivity contribution is 8.00. The predicted octanol–water partition coefficient (Wildman–Crippen LogP) is 17.8. The van der Waals surface area contributed by atoms with Crippen molar-refractivity contribution in [3.8, 4) is 65.8 Å². The lowest BCUT2D eigenvalue weighted by molar-refractivity contribution is 0.145. The number of likely N-dealkylation sites (tertiary alicyclic amines) is 4. The van der Waals surface area contributed by atoms with Crippen LogP contribution in [0, 0.1) is 48.5 Å². The fraction of sp³-hybridized carbons (Fsp3) is 0.455. The molecule has 37 heteroatoms. The average Bonchev–Trinajstić information content (AvgIpc) is 1.70. The number of piperidine rings is 2. The van der Waals surface area contributed by atoms with Gasteiger partial charge in [0.15, 0.2) is 20.6 Å². The Morgan fingerprint density at radius 2 is 0.520 bits per heavy atom. The van der Waals surface area contributed by atoms with Gasteiger partial charge in [0.2, 0.25) is 23.5 Å². The second kappa shape index (κ2) is 46.0. The predicted molar refractivity (Wildman–Crippen MR) is 511 cm³/mol. The SMILES string of the molecule is Cc1cc(N)nc(SC(C)c2nc(-c3ccnc(OCCN4CCC4)c3)sc2C)n1.Cc1cc(N)nc(SC(C)c2nc(-c3ccnc(OCCN4CCCC4)c3)sc2C)n1.Cc1cc(N)nc(SC(C)c2nc(-c3ccnc(OCCN4CCCCC4)c3)sc2C)n1.Cc1sc(-c2ccnc(OCCN3CCCCC3)c2)nc1C(C)Sc1nc(N)cc(N)n1. The van der Waals surface area contributed by atoms with Crippen molar-refractivity contribution in [2.24, 2.45) is 0 Å². The van der Waals surface area contributed by atoms with Gasteiger partial charge in [-0.1, -0.05) is 59.9 Å². The monoisotopic (exact) mass is 1840 g/mol. The smallest absolute Gasteiger partial charge is 0.213 e. The molecule has 0 bridgehead atoms. The third-order valence-electron chi connectivity index (χ3n) is 20.9. The molecule has 16 heterocycles. The number of aryl methyl sites for hydroxylation is 7. The molecule has 4 aliphatic heterocycles. The Bertz CT molecular complexity index is 5240. The molecule has 662 valence electrons. The van der Waals surface area contributed by atoms with Gasteiger partial charge in [-0.25, -0.2) is 79.7 Å².